The second-order valence-corrected chi connectivity index (χ2v) is 4.63. The van der Waals surface area contributed by atoms with Gasteiger partial charge in [0.2, 0.25) is 0 Å². The van der Waals surface area contributed by atoms with E-state index in [1.807, 2.05) is 18.2 Å². The molecule has 0 N–H and O–H groups in total. The first-order chi connectivity index (χ1) is 7.79. The first-order valence-corrected chi connectivity index (χ1v) is 6.02. The zero-order valence-corrected chi connectivity index (χ0v) is 9.82. The maximum atomic E-state index is 8.86. The van der Waals surface area contributed by atoms with Crippen molar-refractivity contribution in [2.45, 2.75) is 38.8 Å². The molecule has 16 heavy (non-hydrogen) atoms. The Morgan fingerprint density at radius 1 is 1.44 bits per heavy atom. The number of rotatable bonds is 2. The molecule has 1 aliphatic rings. The maximum Gasteiger partial charge on any atom is 0.0991 e. The third kappa shape index (κ3) is 2.62. The van der Waals surface area contributed by atoms with Gasteiger partial charge in [0.15, 0.2) is 0 Å². The molecule has 0 saturated carbocycles. The van der Waals surface area contributed by atoms with Gasteiger partial charge in [0.25, 0.3) is 0 Å². The minimum Gasteiger partial charge on any atom is -0.296 e. The molecule has 0 spiro atoms. The lowest BCUT2D eigenvalue weighted by molar-refractivity contribution is 0.152. The van der Waals surface area contributed by atoms with Gasteiger partial charge in [-0.05, 0) is 44.0 Å². The van der Waals surface area contributed by atoms with Crippen LogP contribution >= 0.6 is 0 Å². The van der Waals surface area contributed by atoms with Crippen LogP contribution in [0.5, 0.6) is 0 Å². The molecule has 0 radical (unpaired) electrons. The SMILES string of the molecule is CC1CCCCN1Cc1cccc(C#N)c1. The molecule has 1 heterocycles. The fraction of sp³-hybridized carbons (Fsp3) is 0.500. The van der Waals surface area contributed by atoms with Gasteiger partial charge >= 0.3 is 0 Å². The number of nitriles is 1. The number of likely N-dealkylation sites (tertiary alicyclic amines) is 1. The highest BCUT2D eigenvalue weighted by molar-refractivity contribution is 5.32. The molecule has 1 saturated heterocycles. The summed E-state index contributed by atoms with van der Waals surface area (Å²) in [6.45, 7) is 4.47. The zero-order valence-electron chi connectivity index (χ0n) is 9.82. The number of nitrogens with zero attached hydrogens (tertiary/aromatic N) is 2. The Bertz CT molecular complexity index is 392. The van der Waals surface area contributed by atoms with Gasteiger partial charge < -0.3 is 0 Å². The minimum atomic E-state index is 0.680. The van der Waals surface area contributed by atoms with Crippen LogP contribution in [0.2, 0.25) is 0 Å². The Morgan fingerprint density at radius 2 is 2.31 bits per heavy atom. The topological polar surface area (TPSA) is 27.0 Å². The predicted octanol–water partition coefficient (Wildman–Crippen LogP) is 2.93. The normalized spacial score (nSPS) is 21.6. The highest BCUT2D eigenvalue weighted by atomic mass is 15.2. The van der Waals surface area contributed by atoms with Gasteiger partial charge in [-0.25, -0.2) is 0 Å². The van der Waals surface area contributed by atoms with Crippen LogP contribution in [0.15, 0.2) is 24.3 Å². The van der Waals surface area contributed by atoms with E-state index >= 15 is 0 Å². The van der Waals surface area contributed by atoms with Gasteiger partial charge in [0, 0.05) is 12.6 Å². The lowest BCUT2D eigenvalue weighted by atomic mass is 10.0. The molecular weight excluding hydrogens is 196 g/mol. The quantitative estimate of drug-likeness (QED) is 0.757. The molecule has 1 fully saturated rings. The van der Waals surface area contributed by atoms with Crippen molar-refractivity contribution >= 4 is 0 Å². The second-order valence-electron chi connectivity index (χ2n) is 4.63. The van der Waals surface area contributed by atoms with Gasteiger partial charge in [0.05, 0.1) is 11.6 Å². The summed E-state index contributed by atoms with van der Waals surface area (Å²) in [6, 6.07) is 10.8. The number of benzene rings is 1. The standard InChI is InChI=1S/C14H18N2/c1-12-5-2-3-8-16(12)11-14-7-4-6-13(9-14)10-15/h4,6-7,9,12H,2-3,5,8,11H2,1H3. The summed E-state index contributed by atoms with van der Waals surface area (Å²) in [5.41, 5.74) is 2.02. The molecule has 0 aromatic heterocycles. The van der Waals surface area contributed by atoms with Crippen molar-refractivity contribution in [2.24, 2.45) is 0 Å². The van der Waals surface area contributed by atoms with Crippen LogP contribution in [0.1, 0.15) is 37.3 Å². The first-order valence-electron chi connectivity index (χ1n) is 6.02. The predicted molar refractivity (Wildman–Crippen MR) is 64.9 cm³/mol. The molecule has 0 bridgehead atoms. The monoisotopic (exact) mass is 214 g/mol. The lowest BCUT2D eigenvalue weighted by Crippen LogP contribution is -2.36. The van der Waals surface area contributed by atoms with Crippen LogP contribution < -0.4 is 0 Å². The Kier molecular flexibility index (Phi) is 3.58. The molecule has 1 unspecified atom stereocenters. The van der Waals surface area contributed by atoms with Crippen molar-refractivity contribution in [1.82, 2.24) is 4.90 Å². The van der Waals surface area contributed by atoms with E-state index in [-0.39, 0.29) is 0 Å². The fourth-order valence-electron chi connectivity index (χ4n) is 2.37. The fourth-order valence-corrected chi connectivity index (χ4v) is 2.37. The average Bonchev–Trinajstić information content (AvgIpc) is 2.32. The van der Waals surface area contributed by atoms with Crippen LogP contribution in [-0.4, -0.2) is 17.5 Å². The molecular formula is C14H18N2. The summed E-state index contributed by atoms with van der Waals surface area (Å²) in [4.78, 5) is 2.51. The van der Waals surface area contributed by atoms with Gasteiger partial charge in [-0.15, -0.1) is 0 Å². The molecule has 1 aromatic carbocycles. The minimum absolute atomic E-state index is 0.680. The number of hydrogen-bond acceptors (Lipinski definition) is 2. The van der Waals surface area contributed by atoms with E-state index in [2.05, 4.69) is 24.0 Å². The zero-order chi connectivity index (χ0) is 11.4. The van der Waals surface area contributed by atoms with Crippen molar-refractivity contribution in [3.05, 3.63) is 35.4 Å². The maximum absolute atomic E-state index is 8.86. The van der Waals surface area contributed by atoms with Crippen LogP contribution in [0.3, 0.4) is 0 Å². The van der Waals surface area contributed by atoms with E-state index in [4.69, 9.17) is 5.26 Å². The van der Waals surface area contributed by atoms with E-state index in [1.54, 1.807) is 0 Å². The molecule has 2 rings (SSSR count). The molecule has 1 aromatic rings. The van der Waals surface area contributed by atoms with E-state index in [0.29, 0.717) is 6.04 Å². The third-order valence-corrected chi connectivity index (χ3v) is 3.38. The van der Waals surface area contributed by atoms with Crippen LogP contribution in [0.25, 0.3) is 0 Å². The number of hydrogen-bond donors (Lipinski definition) is 0. The Morgan fingerprint density at radius 3 is 3.06 bits per heavy atom. The van der Waals surface area contributed by atoms with Crippen LogP contribution in [0.4, 0.5) is 0 Å². The molecule has 1 aliphatic heterocycles. The van der Waals surface area contributed by atoms with E-state index < -0.39 is 0 Å². The van der Waals surface area contributed by atoms with Crippen molar-refractivity contribution in [2.75, 3.05) is 6.54 Å². The van der Waals surface area contributed by atoms with Crippen molar-refractivity contribution < 1.29 is 0 Å². The first kappa shape index (κ1) is 11.2. The van der Waals surface area contributed by atoms with E-state index in [0.717, 1.165) is 12.1 Å². The van der Waals surface area contributed by atoms with Crippen molar-refractivity contribution in [3.63, 3.8) is 0 Å². The third-order valence-electron chi connectivity index (χ3n) is 3.38. The van der Waals surface area contributed by atoms with Crippen molar-refractivity contribution in [3.8, 4) is 6.07 Å². The summed E-state index contributed by atoms with van der Waals surface area (Å²) in [6.07, 6.45) is 3.97. The average molecular weight is 214 g/mol. The van der Waals surface area contributed by atoms with Gasteiger partial charge in [-0.2, -0.15) is 5.26 Å². The second kappa shape index (κ2) is 5.14. The Hall–Kier alpha value is -1.33. The van der Waals surface area contributed by atoms with Gasteiger partial charge in [-0.1, -0.05) is 18.6 Å². The summed E-state index contributed by atoms with van der Waals surface area (Å²) in [5.74, 6) is 0. The summed E-state index contributed by atoms with van der Waals surface area (Å²) < 4.78 is 0. The summed E-state index contributed by atoms with van der Waals surface area (Å²) in [7, 11) is 0. The molecule has 2 heteroatoms. The van der Waals surface area contributed by atoms with Gasteiger partial charge in [0.1, 0.15) is 0 Å². The lowest BCUT2D eigenvalue weighted by Gasteiger charge is -2.33. The molecule has 0 aliphatic carbocycles. The highest BCUT2D eigenvalue weighted by Crippen LogP contribution is 2.19. The summed E-state index contributed by atoms with van der Waals surface area (Å²) in [5, 5.41) is 8.86. The van der Waals surface area contributed by atoms with Crippen LogP contribution in [-0.2, 0) is 6.54 Å². The Balaban J connectivity index is 2.05. The van der Waals surface area contributed by atoms with Crippen LogP contribution in [0, 0.1) is 11.3 Å². The highest BCUT2D eigenvalue weighted by Gasteiger charge is 2.17. The molecule has 2 nitrogen and oxygen atoms in total. The van der Waals surface area contributed by atoms with Crippen molar-refractivity contribution in [1.29, 1.82) is 5.26 Å². The molecule has 84 valence electrons. The smallest absolute Gasteiger partial charge is 0.0991 e. The summed E-state index contributed by atoms with van der Waals surface area (Å²) >= 11 is 0. The van der Waals surface area contributed by atoms with E-state index in [1.165, 1.54) is 31.4 Å². The largest absolute Gasteiger partial charge is 0.296 e. The molecule has 1 atom stereocenters. The Labute approximate surface area is 97.5 Å². The van der Waals surface area contributed by atoms with E-state index in [9.17, 15) is 0 Å². The van der Waals surface area contributed by atoms with Gasteiger partial charge in [-0.3, -0.25) is 4.90 Å². The number of piperidine rings is 1. The molecule has 0 amide bonds.